The highest BCUT2D eigenvalue weighted by atomic mass is 16.5. The van der Waals surface area contributed by atoms with Crippen LogP contribution < -0.4 is 10.5 Å². The highest BCUT2D eigenvalue weighted by Gasteiger charge is 2.36. The van der Waals surface area contributed by atoms with Gasteiger partial charge in [-0.2, -0.15) is 0 Å². The van der Waals surface area contributed by atoms with Crippen LogP contribution in [0.25, 0.3) is 0 Å². The third-order valence-corrected chi connectivity index (χ3v) is 4.93. The van der Waals surface area contributed by atoms with Gasteiger partial charge < -0.3 is 10.5 Å². The van der Waals surface area contributed by atoms with E-state index in [0.717, 1.165) is 5.75 Å². The molecule has 0 aromatic heterocycles. The van der Waals surface area contributed by atoms with Gasteiger partial charge in [0.25, 0.3) is 0 Å². The second kappa shape index (κ2) is 4.58. The molecule has 0 amide bonds. The Morgan fingerprint density at radius 2 is 2.00 bits per heavy atom. The molecule has 1 aromatic carbocycles. The Balaban J connectivity index is 2.10. The fraction of sp³-hybridized carbons (Fsp3) is 0.625. The quantitative estimate of drug-likeness (QED) is 0.825. The van der Waals surface area contributed by atoms with Crippen molar-refractivity contribution in [1.82, 2.24) is 0 Å². The van der Waals surface area contributed by atoms with Gasteiger partial charge in [0.2, 0.25) is 0 Å². The standard InChI is InChI=1S/C16H23NO/c1-10-7-12(18-2)9-15-13-6-4-3-5-11(16(13)17)8-14(10)15/h7,9,11,13,16H,3-6,8,17H2,1-2H3. The Morgan fingerprint density at radius 3 is 2.78 bits per heavy atom. The molecule has 3 atom stereocenters. The molecule has 18 heavy (non-hydrogen) atoms. The predicted molar refractivity (Wildman–Crippen MR) is 74.1 cm³/mol. The van der Waals surface area contributed by atoms with Gasteiger partial charge in [-0.05, 0) is 66.8 Å². The Hall–Kier alpha value is -1.02. The lowest BCUT2D eigenvalue weighted by molar-refractivity contribution is 0.338. The summed E-state index contributed by atoms with van der Waals surface area (Å²) >= 11 is 0. The molecule has 1 aromatic rings. The summed E-state index contributed by atoms with van der Waals surface area (Å²) in [5.74, 6) is 2.23. The summed E-state index contributed by atoms with van der Waals surface area (Å²) in [4.78, 5) is 0. The number of methoxy groups -OCH3 is 1. The van der Waals surface area contributed by atoms with Crippen molar-refractivity contribution in [2.24, 2.45) is 11.7 Å². The lowest BCUT2D eigenvalue weighted by Gasteiger charge is -2.36. The van der Waals surface area contributed by atoms with Crippen molar-refractivity contribution in [3.63, 3.8) is 0 Å². The average molecular weight is 245 g/mol. The topological polar surface area (TPSA) is 35.2 Å². The van der Waals surface area contributed by atoms with E-state index in [0.29, 0.717) is 17.9 Å². The summed E-state index contributed by atoms with van der Waals surface area (Å²) in [6.45, 7) is 2.21. The van der Waals surface area contributed by atoms with E-state index in [1.54, 1.807) is 12.7 Å². The van der Waals surface area contributed by atoms with E-state index in [1.807, 2.05) is 0 Å². The Bertz CT molecular complexity index is 455. The van der Waals surface area contributed by atoms with E-state index >= 15 is 0 Å². The third kappa shape index (κ3) is 1.83. The molecule has 0 aliphatic heterocycles. The molecule has 2 nitrogen and oxygen atoms in total. The van der Waals surface area contributed by atoms with E-state index in [9.17, 15) is 0 Å². The van der Waals surface area contributed by atoms with Crippen LogP contribution in [0.2, 0.25) is 0 Å². The van der Waals surface area contributed by atoms with Gasteiger partial charge in [-0.25, -0.2) is 0 Å². The molecule has 2 N–H and O–H groups in total. The highest BCUT2D eigenvalue weighted by Crippen LogP contribution is 2.44. The second-order valence-corrected chi connectivity index (χ2v) is 5.94. The van der Waals surface area contributed by atoms with Crippen LogP contribution in [0.1, 0.15) is 48.3 Å². The number of aryl methyl sites for hydroxylation is 1. The number of hydrogen-bond donors (Lipinski definition) is 1. The maximum atomic E-state index is 6.50. The zero-order valence-corrected chi connectivity index (χ0v) is 11.4. The number of benzene rings is 1. The van der Waals surface area contributed by atoms with Gasteiger partial charge in [-0.3, -0.25) is 0 Å². The first-order chi connectivity index (χ1) is 8.70. The van der Waals surface area contributed by atoms with Crippen LogP contribution in [0.4, 0.5) is 0 Å². The van der Waals surface area contributed by atoms with Gasteiger partial charge in [0.05, 0.1) is 7.11 Å². The number of hydrogen-bond acceptors (Lipinski definition) is 2. The Labute approximate surface area is 110 Å². The zero-order valence-electron chi connectivity index (χ0n) is 11.4. The molecule has 3 unspecified atom stereocenters. The van der Waals surface area contributed by atoms with Gasteiger partial charge in [0.1, 0.15) is 5.75 Å². The largest absolute Gasteiger partial charge is 0.497 e. The van der Waals surface area contributed by atoms with E-state index in [1.165, 1.54) is 43.2 Å². The van der Waals surface area contributed by atoms with Crippen LogP contribution in [0.15, 0.2) is 12.1 Å². The van der Waals surface area contributed by atoms with Crippen LogP contribution in [0.5, 0.6) is 5.75 Å². The minimum absolute atomic E-state index is 0.353. The highest BCUT2D eigenvalue weighted by molar-refractivity contribution is 5.46. The van der Waals surface area contributed by atoms with Crippen molar-refractivity contribution >= 4 is 0 Å². The van der Waals surface area contributed by atoms with Crippen LogP contribution >= 0.6 is 0 Å². The van der Waals surface area contributed by atoms with Gasteiger partial charge in [0, 0.05) is 6.04 Å². The van der Waals surface area contributed by atoms with Crippen molar-refractivity contribution in [3.8, 4) is 5.75 Å². The number of fused-ring (bicyclic) bond motifs is 4. The first-order valence-corrected chi connectivity index (χ1v) is 7.13. The summed E-state index contributed by atoms with van der Waals surface area (Å²) in [6, 6.07) is 4.75. The molecule has 2 bridgehead atoms. The summed E-state index contributed by atoms with van der Waals surface area (Å²) in [7, 11) is 1.75. The minimum atomic E-state index is 0.353. The first kappa shape index (κ1) is 12.0. The summed E-state index contributed by atoms with van der Waals surface area (Å²) in [5.41, 5.74) is 10.9. The zero-order chi connectivity index (χ0) is 12.7. The molecule has 98 valence electrons. The first-order valence-electron chi connectivity index (χ1n) is 7.13. The lowest BCUT2D eigenvalue weighted by atomic mass is 9.71. The van der Waals surface area contributed by atoms with E-state index in [4.69, 9.17) is 10.5 Å². The molecule has 0 radical (unpaired) electrons. The molecule has 0 saturated heterocycles. The molecule has 1 fully saturated rings. The Kier molecular flexibility index (Phi) is 3.06. The number of rotatable bonds is 1. The second-order valence-electron chi connectivity index (χ2n) is 5.94. The molecule has 2 heteroatoms. The van der Waals surface area contributed by atoms with Crippen LogP contribution in [-0.4, -0.2) is 13.2 Å². The molecule has 0 heterocycles. The number of ether oxygens (including phenoxy) is 1. The molecule has 2 aliphatic rings. The van der Waals surface area contributed by atoms with Gasteiger partial charge in [0.15, 0.2) is 0 Å². The van der Waals surface area contributed by atoms with E-state index < -0.39 is 0 Å². The monoisotopic (exact) mass is 245 g/mol. The van der Waals surface area contributed by atoms with Crippen molar-refractivity contribution < 1.29 is 4.74 Å². The fourth-order valence-corrected chi connectivity index (χ4v) is 3.89. The van der Waals surface area contributed by atoms with Crippen LogP contribution in [-0.2, 0) is 6.42 Å². The van der Waals surface area contributed by atoms with Gasteiger partial charge in [-0.15, -0.1) is 0 Å². The minimum Gasteiger partial charge on any atom is -0.497 e. The smallest absolute Gasteiger partial charge is 0.119 e. The van der Waals surface area contributed by atoms with Gasteiger partial charge in [-0.1, -0.05) is 12.8 Å². The van der Waals surface area contributed by atoms with Crippen LogP contribution in [0.3, 0.4) is 0 Å². The fourth-order valence-electron chi connectivity index (χ4n) is 3.89. The van der Waals surface area contributed by atoms with Crippen molar-refractivity contribution in [3.05, 3.63) is 28.8 Å². The summed E-state index contributed by atoms with van der Waals surface area (Å²) in [5, 5.41) is 0. The molecule has 2 aliphatic carbocycles. The van der Waals surface area contributed by atoms with Crippen molar-refractivity contribution in [2.75, 3.05) is 7.11 Å². The van der Waals surface area contributed by atoms with E-state index in [2.05, 4.69) is 19.1 Å². The molecule has 0 spiro atoms. The van der Waals surface area contributed by atoms with Gasteiger partial charge >= 0.3 is 0 Å². The lowest BCUT2D eigenvalue weighted by Crippen LogP contribution is -2.40. The van der Waals surface area contributed by atoms with Crippen molar-refractivity contribution in [2.45, 2.75) is 51.0 Å². The molecule has 1 saturated carbocycles. The maximum Gasteiger partial charge on any atom is 0.119 e. The summed E-state index contributed by atoms with van der Waals surface area (Å²) < 4.78 is 5.42. The number of nitrogens with two attached hydrogens (primary N) is 1. The summed E-state index contributed by atoms with van der Waals surface area (Å²) in [6.07, 6.45) is 6.40. The SMILES string of the molecule is COc1cc(C)c2c(c1)C1CCCCC(C2)C1N. The Morgan fingerprint density at radius 1 is 1.22 bits per heavy atom. The van der Waals surface area contributed by atoms with Crippen LogP contribution in [0, 0.1) is 12.8 Å². The average Bonchev–Trinajstić information content (AvgIpc) is 2.48. The van der Waals surface area contributed by atoms with E-state index in [-0.39, 0.29) is 0 Å². The predicted octanol–water partition coefficient (Wildman–Crippen LogP) is 3.16. The third-order valence-electron chi connectivity index (χ3n) is 4.93. The maximum absolute atomic E-state index is 6.50. The molecular weight excluding hydrogens is 222 g/mol. The molecule has 3 rings (SSSR count). The molecular formula is C16H23NO. The van der Waals surface area contributed by atoms with Crippen molar-refractivity contribution in [1.29, 1.82) is 0 Å². The normalized spacial score (nSPS) is 30.5.